The van der Waals surface area contributed by atoms with Gasteiger partial charge in [0.2, 0.25) is 5.91 Å². The second-order valence-corrected chi connectivity index (χ2v) is 6.19. The van der Waals surface area contributed by atoms with Crippen LogP contribution < -0.4 is 16.0 Å². The quantitative estimate of drug-likeness (QED) is 0.754. The Labute approximate surface area is 153 Å². The number of nitrogens with zero attached hydrogens (tertiary/aromatic N) is 1. The van der Waals surface area contributed by atoms with E-state index >= 15 is 0 Å². The average molecular weight is 413 g/mol. The van der Waals surface area contributed by atoms with E-state index in [1.807, 2.05) is 6.07 Å². The fourth-order valence-corrected chi connectivity index (χ4v) is 2.90. The number of anilines is 1. The summed E-state index contributed by atoms with van der Waals surface area (Å²) in [6, 6.07) is 8.37. The maximum Gasteiger partial charge on any atom is 0.220 e. The molecule has 1 unspecified atom stereocenters. The number of halogens is 3. The lowest BCUT2D eigenvalue weighted by atomic mass is 10.1. The Morgan fingerprint density at radius 3 is 2.86 bits per heavy atom. The molecule has 1 aromatic carbocycles. The second kappa shape index (κ2) is 11.1. The van der Waals surface area contributed by atoms with Crippen molar-refractivity contribution >= 4 is 52.3 Å². The van der Waals surface area contributed by atoms with Gasteiger partial charge < -0.3 is 16.0 Å². The average Bonchev–Trinajstić information content (AvgIpc) is 2.92. The fourth-order valence-electron chi connectivity index (χ4n) is 2.52. The molecular weight excluding hydrogens is 389 g/mol. The third kappa shape index (κ3) is 6.73. The predicted octanol–water partition coefficient (Wildman–Crippen LogP) is 2.97. The summed E-state index contributed by atoms with van der Waals surface area (Å²) < 4.78 is 1.11. The van der Waals surface area contributed by atoms with E-state index in [0.717, 1.165) is 36.9 Å². The lowest BCUT2D eigenvalue weighted by molar-refractivity contribution is -0.121. The topological polar surface area (TPSA) is 58.4 Å². The zero-order chi connectivity index (χ0) is 14.4. The first kappa shape index (κ1) is 21.5. The number of nitrogens with one attached hydrogen (secondary N) is 1. The lowest BCUT2D eigenvalue weighted by Gasteiger charge is -2.19. The Morgan fingerprint density at radius 2 is 2.18 bits per heavy atom. The van der Waals surface area contributed by atoms with Crippen molar-refractivity contribution in [1.82, 2.24) is 5.32 Å². The first-order valence-electron chi connectivity index (χ1n) is 7.16. The van der Waals surface area contributed by atoms with Gasteiger partial charge in [-0.3, -0.25) is 4.79 Å². The zero-order valence-electron chi connectivity index (χ0n) is 12.5. The Bertz CT molecular complexity index is 462. The van der Waals surface area contributed by atoms with Crippen LogP contribution in [0.25, 0.3) is 0 Å². The molecule has 4 nitrogen and oxygen atoms in total. The van der Waals surface area contributed by atoms with Crippen LogP contribution in [0.1, 0.15) is 19.3 Å². The Balaban J connectivity index is 0.00000220. The summed E-state index contributed by atoms with van der Waals surface area (Å²) in [5, 5.41) is 3.01. The number of amides is 1. The van der Waals surface area contributed by atoms with Crippen molar-refractivity contribution in [3.05, 3.63) is 28.7 Å². The van der Waals surface area contributed by atoms with E-state index in [1.54, 1.807) is 0 Å². The number of carbonyl (C=O) groups excluding carboxylic acids is 1. The van der Waals surface area contributed by atoms with Crippen LogP contribution in [-0.4, -0.2) is 32.1 Å². The van der Waals surface area contributed by atoms with Crippen LogP contribution in [0.5, 0.6) is 0 Å². The van der Waals surface area contributed by atoms with Gasteiger partial charge in [0.1, 0.15) is 0 Å². The molecule has 7 heteroatoms. The highest BCUT2D eigenvalue weighted by Crippen LogP contribution is 2.25. The summed E-state index contributed by atoms with van der Waals surface area (Å²) in [6.07, 6.45) is 2.43. The minimum atomic E-state index is 0. The fraction of sp³-hybridized carbons (Fsp3) is 0.533. The number of hydrogen-bond acceptors (Lipinski definition) is 3. The normalized spacial score (nSPS) is 16.6. The van der Waals surface area contributed by atoms with E-state index in [1.165, 1.54) is 5.69 Å². The van der Waals surface area contributed by atoms with Crippen molar-refractivity contribution < 1.29 is 4.79 Å². The highest BCUT2D eigenvalue weighted by Gasteiger charge is 2.23. The molecule has 0 bridgehead atoms. The molecule has 0 radical (unpaired) electrons. The van der Waals surface area contributed by atoms with Crippen LogP contribution in [0.3, 0.4) is 0 Å². The van der Waals surface area contributed by atoms with E-state index in [4.69, 9.17) is 5.73 Å². The first-order valence-corrected chi connectivity index (χ1v) is 7.95. The van der Waals surface area contributed by atoms with Gasteiger partial charge in [-0.2, -0.15) is 0 Å². The summed E-state index contributed by atoms with van der Waals surface area (Å²) in [5.41, 5.74) is 6.65. The number of rotatable bonds is 6. The van der Waals surface area contributed by atoms with Crippen LogP contribution in [0.15, 0.2) is 28.7 Å². The largest absolute Gasteiger partial charge is 0.371 e. The van der Waals surface area contributed by atoms with E-state index in [0.29, 0.717) is 18.9 Å². The van der Waals surface area contributed by atoms with E-state index in [2.05, 4.69) is 44.3 Å². The molecule has 1 atom stereocenters. The number of carbonyl (C=O) groups is 1. The summed E-state index contributed by atoms with van der Waals surface area (Å²) in [6.45, 7) is 3.41. The Kier molecular flexibility index (Phi) is 10.9. The van der Waals surface area contributed by atoms with Gasteiger partial charge in [0, 0.05) is 36.2 Å². The maximum atomic E-state index is 11.6. The number of nitrogens with two attached hydrogens (primary N) is 1. The molecule has 1 aromatic rings. The second-order valence-electron chi connectivity index (χ2n) is 5.28. The molecule has 1 fully saturated rings. The molecule has 1 aliphatic heterocycles. The molecule has 2 rings (SSSR count). The number of benzene rings is 1. The van der Waals surface area contributed by atoms with Crippen LogP contribution in [0, 0.1) is 5.92 Å². The molecular formula is C15H24BrCl2N3O. The molecule has 1 amide bonds. The van der Waals surface area contributed by atoms with Crippen molar-refractivity contribution in [3.63, 3.8) is 0 Å². The first-order chi connectivity index (χ1) is 9.69. The smallest absolute Gasteiger partial charge is 0.220 e. The van der Waals surface area contributed by atoms with Crippen LogP contribution in [0.4, 0.5) is 5.69 Å². The molecule has 0 aliphatic carbocycles. The van der Waals surface area contributed by atoms with Crippen molar-refractivity contribution in [2.45, 2.75) is 19.3 Å². The van der Waals surface area contributed by atoms with Gasteiger partial charge in [-0.25, -0.2) is 0 Å². The zero-order valence-corrected chi connectivity index (χ0v) is 15.7. The molecule has 0 saturated carbocycles. The highest BCUT2D eigenvalue weighted by molar-refractivity contribution is 9.10. The predicted molar refractivity (Wildman–Crippen MR) is 100 cm³/mol. The maximum absolute atomic E-state index is 11.6. The van der Waals surface area contributed by atoms with Gasteiger partial charge in [0.25, 0.3) is 0 Å². The van der Waals surface area contributed by atoms with E-state index in [9.17, 15) is 4.79 Å². The lowest BCUT2D eigenvalue weighted by Crippen LogP contribution is -2.31. The molecule has 1 aliphatic rings. The molecule has 22 heavy (non-hydrogen) atoms. The van der Waals surface area contributed by atoms with Crippen molar-refractivity contribution in [2.24, 2.45) is 11.7 Å². The monoisotopic (exact) mass is 411 g/mol. The highest BCUT2D eigenvalue weighted by atomic mass is 79.9. The molecule has 1 heterocycles. The van der Waals surface area contributed by atoms with Crippen molar-refractivity contribution in [1.29, 1.82) is 0 Å². The molecule has 1 saturated heterocycles. The van der Waals surface area contributed by atoms with Crippen LogP contribution >= 0.6 is 40.7 Å². The van der Waals surface area contributed by atoms with Crippen molar-refractivity contribution in [2.75, 3.05) is 31.1 Å². The molecule has 0 aromatic heterocycles. The summed E-state index contributed by atoms with van der Waals surface area (Å²) in [7, 11) is 0. The van der Waals surface area contributed by atoms with E-state index < -0.39 is 0 Å². The van der Waals surface area contributed by atoms with Gasteiger partial charge >= 0.3 is 0 Å². The summed E-state index contributed by atoms with van der Waals surface area (Å²) >= 11 is 3.50. The summed E-state index contributed by atoms with van der Waals surface area (Å²) in [4.78, 5) is 13.9. The van der Waals surface area contributed by atoms with Gasteiger partial charge in [-0.1, -0.05) is 22.0 Å². The molecule has 126 valence electrons. The van der Waals surface area contributed by atoms with Gasteiger partial charge in [-0.15, -0.1) is 24.8 Å². The minimum Gasteiger partial charge on any atom is -0.371 e. The SMILES string of the molecule is Cl.Cl.NCCCC(=O)NCC1CCN(c2cccc(Br)c2)C1. The third-order valence-corrected chi connectivity index (χ3v) is 4.15. The molecule has 0 spiro atoms. The van der Waals surface area contributed by atoms with Crippen molar-refractivity contribution in [3.8, 4) is 0 Å². The minimum absolute atomic E-state index is 0. The Morgan fingerprint density at radius 1 is 1.41 bits per heavy atom. The van der Waals surface area contributed by atoms with E-state index in [-0.39, 0.29) is 30.7 Å². The molecule has 3 N–H and O–H groups in total. The van der Waals surface area contributed by atoms with Crippen LogP contribution in [-0.2, 0) is 4.79 Å². The standard InChI is InChI=1S/C15H22BrN3O.2ClH/c16-13-3-1-4-14(9-13)19-8-6-12(11-19)10-18-15(20)5-2-7-17;;/h1,3-4,9,12H,2,5-8,10-11,17H2,(H,18,20);2*1H. The summed E-state index contributed by atoms with van der Waals surface area (Å²) in [5.74, 6) is 0.659. The van der Waals surface area contributed by atoms with Gasteiger partial charge in [0.05, 0.1) is 0 Å². The van der Waals surface area contributed by atoms with Crippen LogP contribution in [0.2, 0.25) is 0 Å². The van der Waals surface area contributed by atoms with Gasteiger partial charge in [-0.05, 0) is 43.5 Å². The van der Waals surface area contributed by atoms with Gasteiger partial charge in [0.15, 0.2) is 0 Å². The number of hydrogen-bond donors (Lipinski definition) is 2. The Hall–Kier alpha value is -0.490. The third-order valence-electron chi connectivity index (χ3n) is 3.66.